The van der Waals surface area contributed by atoms with Gasteiger partial charge in [-0.15, -0.1) is 0 Å². The molecule has 5 heteroatoms. The number of hydrogen-bond acceptors (Lipinski definition) is 4. The molecule has 0 bridgehead atoms. The van der Waals surface area contributed by atoms with Gasteiger partial charge in [-0.1, -0.05) is 0 Å². The summed E-state index contributed by atoms with van der Waals surface area (Å²) in [6.45, 7) is 0.529. The Bertz CT molecular complexity index is 154. The highest BCUT2D eigenvalue weighted by molar-refractivity contribution is 6.06. The molecule has 2 radical (unpaired) electrons. The van der Waals surface area contributed by atoms with E-state index in [1.54, 1.807) is 0 Å². The van der Waals surface area contributed by atoms with E-state index < -0.39 is 18.1 Å². The number of ether oxygens (including phenoxy) is 1. The smallest absolute Gasteiger partial charge is 0.324 e. The van der Waals surface area contributed by atoms with E-state index in [-0.39, 0.29) is 0 Å². The van der Waals surface area contributed by atoms with Crippen molar-refractivity contribution in [1.82, 2.24) is 4.81 Å². The van der Waals surface area contributed by atoms with E-state index in [9.17, 15) is 9.90 Å². The zero-order valence-corrected chi connectivity index (χ0v) is 6.36. The Morgan fingerprint density at radius 1 is 1.82 bits per heavy atom. The maximum Gasteiger partial charge on any atom is 0.324 e. The lowest BCUT2D eigenvalue weighted by atomic mass is 10.1. The molecular formula is C6H10BNO3. The fourth-order valence-electron chi connectivity index (χ4n) is 1.21. The van der Waals surface area contributed by atoms with Crippen LogP contribution in [0.3, 0.4) is 0 Å². The van der Waals surface area contributed by atoms with Crippen molar-refractivity contribution in [2.75, 3.05) is 13.7 Å². The number of carbonyl (C=O) groups excluding carboxylic acids is 1. The lowest BCUT2D eigenvalue weighted by Gasteiger charge is -2.19. The van der Waals surface area contributed by atoms with E-state index in [4.69, 9.17) is 7.98 Å². The molecule has 1 unspecified atom stereocenters. The Morgan fingerprint density at radius 3 is 2.82 bits per heavy atom. The molecule has 4 nitrogen and oxygen atoms in total. The maximum atomic E-state index is 10.9. The van der Waals surface area contributed by atoms with Crippen molar-refractivity contribution in [3.63, 3.8) is 0 Å². The second kappa shape index (κ2) is 3.23. The van der Waals surface area contributed by atoms with Crippen LogP contribution in [0, 0.1) is 0 Å². The van der Waals surface area contributed by atoms with Gasteiger partial charge in [0.05, 0.1) is 13.2 Å². The molecule has 1 N–H and O–H groups in total. The molecule has 0 aromatic heterocycles. The highest BCUT2D eigenvalue weighted by Gasteiger charge is 2.36. The van der Waals surface area contributed by atoms with Gasteiger partial charge in [-0.05, 0) is 13.0 Å². The molecule has 2 atom stereocenters. The van der Waals surface area contributed by atoms with E-state index in [2.05, 4.69) is 4.74 Å². The summed E-state index contributed by atoms with van der Waals surface area (Å²) in [7, 11) is 6.70. The Kier molecular flexibility index (Phi) is 2.51. The standard InChI is InChI=1S/C6H10BNO3/c1-11-6(10)5-4(9)2-3-8(5)7/h4-5,9H,2-3H2,1H3/t4-,5?/m0/s1. The predicted molar refractivity (Wildman–Crippen MR) is 38.9 cm³/mol. The average Bonchev–Trinajstić information content (AvgIpc) is 2.30. The molecule has 0 aromatic rings. The summed E-state index contributed by atoms with van der Waals surface area (Å²) in [5, 5.41) is 9.24. The summed E-state index contributed by atoms with van der Waals surface area (Å²) >= 11 is 0. The fourth-order valence-corrected chi connectivity index (χ4v) is 1.21. The average molecular weight is 155 g/mol. The molecule has 1 heterocycles. The van der Waals surface area contributed by atoms with E-state index in [0.717, 1.165) is 0 Å². The van der Waals surface area contributed by atoms with Gasteiger partial charge in [-0.25, -0.2) is 0 Å². The third-order valence-corrected chi connectivity index (χ3v) is 1.85. The third-order valence-electron chi connectivity index (χ3n) is 1.85. The van der Waals surface area contributed by atoms with Crippen LogP contribution in [0.1, 0.15) is 6.42 Å². The first-order valence-corrected chi connectivity index (χ1v) is 3.44. The molecule has 1 rings (SSSR count). The second-order valence-corrected chi connectivity index (χ2v) is 2.56. The molecular weight excluding hydrogens is 145 g/mol. The van der Waals surface area contributed by atoms with Gasteiger partial charge in [0.15, 0.2) is 7.98 Å². The quantitative estimate of drug-likeness (QED) is 0.376. The highest BCUT2D eigenvalue weighted by Crippen LogP contribution is 2.15. The van der Waals surface area contributed by atoms with Gasteiger partial charge in [-0.3, -0.25) is 4.79 Å². The number of rotatable bonds is 1. The SMILES string of the molecule is [B]N1CC[C@H](O)C1C(=O)OC. The van der Waals surface area contributed by atoms with Crippen LogP contribution < -0.4 is 0 Å². The van der Waals surface area contributed by atoms with Gasteiger partial charge in [0, 0.05) is 0 Å². The van der Waals surface area contributed by atoms with Gasteiger partial charge >= 0.3 is 5.97 Å². The van der Waals surface area contributed by atoms with Crippen LogP contribution in [0.2, 0.25) is 0 Å². The minimum atomic E-state index is -0.688. The van der Waals surface area contributed by atoms with Gasteiger partial charge < -0.3 is 14.7 Å². The Labute approximate surface area is 66.6 Å². The normalized spacial score (nSPS) is 32.2. The van der Waals surface area contributed by atoms with Gasteiger partial charge in [0.2, 0.25) is 0 Å². The Balaban J connectivity index is 2.60. The number of aliphatic hydroxyl groups is 1. The summed E-state index contributed by atoms with van der Waals surface area (Å²) in [5.74, 6) is -0.475. The van der Waals surface area contributed by atoms with Crippen LogP contribution in [0.4, 0.5) is 0 Å². The summed E-state index contributed by atoms with van der Waals surface area (Å²) in [4.78, 5) is 12.2. The molecule has 0 saturated carbocycles. The van der Waals surface area contributed by atoms with Crippen LogP contribution >= 0.6 is 0 Å². The first-order valence-electron chi connectivity index (χ1n) is 3.44. The van der Waals surface area contributed by atoms with E-state index >= 15 is 0 Å². The fraction of sp³-hybridized carbons (Fsp3) is 0.833. The zero-order chi connectivity index (χ0) is 8.43. The van der Waals surface area contributed by atoms with Crippen molar-refractivity contribution in [1.29, 1.82) is 0 Å². The number of carbonyl (C=O) groups is 1. The number of methoxy groups -OCH3 is 1. The number of nitrogens with zero attached hydrogens (tertiary/aromatic N) is 1. The highest BCUT2D eigenvalue weighted by atomic mass is 16.5. The van der Waals surface area contributed by atoms with Crippen LogP contribution in [-0.4, -0.2) is 49.7 Å². The van der Waals surface area contributed by atoms with Crippen LogP contribution in [-0.2, 0) is 9.53 Å². The van der Waals surface area contributed by atoms with Crippen LogP contribution in [0.15, 0.2) is 0 Å². The molecule has 1 aliphatic rings. The third kappa shape index (κ3) is 1.54. The largest absolute Gasteiger partial charge is 0.468 e. The summed E-state index contributed by atoms with van der Waals surface area (Å²) < 4.78 is 4.45. The minimum absolute atomic E-state index is 0.475. The topological polar surface area (TPSA) is 49.8 Å². The van der Waals surface area contributed by atoms with Crippen molar-refractivity contribution < 1.29 is 14.6 Å². The van der Waals surface area contributed by atoms with E-state index in [0.29, 0.717) is 13.0 Å². The monoisotopic (exact) mass is 155 g/mol. The molecule has 0 spiro atoms. The Morgan fingerprint density at radius 2 is 2.45 bits per heavy atom. The van der Waals surface area contributed by atoms with Crippen molar-refractivity contribution in [2.24, 2.45) is 0 Å². The number of aliphatic hydroxyl groups excluding tert-OH is 1. The molecule has 1 saturated heterocycles. The van der Waals surface area contributed by atoms with Gasteiger partial charge in [-0.2, -0.15) is 0 Å². The van der Waals surface area contributed by atoms with Gasteiger partial charge in [0.25, 0.3) is 0 Å². The number of hydrogen-bond donors (Lipinski definition) is 1. The van der Waals surface area contributed by atoms with Crippen LogP contribution in [0.25, 0.3) is 0 Å². The van der Waals surface area contributed by atoms with Crippen molar-refractivity contribution >= 4 is 14.0 Å². The first-order chi connectivity index (χ1) is 5.16. The molecule has 1 aliphatic heterocycles. The second-order valence-electron chi connectivity index (χ2n) is 2.56. The summed E-state index contributed by atoms with van der Waals surface area (Å²) in [6, 6.07) is -0.681. The molecule has 0 aliphatic carbocycles. The van der Waals surface area contributed by atoms with Crippen molar-refractivity contribution in [2.45, 2.75) is 18.6 Å². The molecule has 60 valence electrons. The first kappa shape index (κ1) is 8.55. The summed E-state index contributed by atoms with van der Waals surface area (Å²) in [6.07, 6.45) is -0.163. The van der Waals surface area contributed by atoms with E-state index in [1.807, 2.05) is 0 Å². The minimum Gasteiger partial charge on any atom is -0.468 e. The van der Waals surface area contributed by atoms with Crippen LogP contribution in [0.5, 0.6) is 0 Å². The molecule has 11 heavy (non-hydrogen) atoms. The maximum absolute atomic E-state index is 10.9. The summed E-state index contributed by atoms with van der Waals surface area (Å²) in [5.41, 5.74) is 0. The Hall–Kier alpha value is -0.545. The predicted octanol–water partition coefficient (Wildman–Crippen LogP) is -1.32. The molecule has 1 fully saturated rings. The lowest BCUT2D eigenvalue weighted by Crippen LogP contribution is -2.41. The zero-order valence-electron chi connectivity index (χ0n) is 6.36. The van der Waals surface area contributed by atoms with Crippen molar-refractivity contribution in [3.05, 3.63) is 0 Å². The van der Waals surface area contributed by atoms with E-state index in [1.165, 1.54) is 11.9 Å². The molecule has 0 aromatic carbocycles. The molecule has 0 amide bonds. The lowest BCUT2D eigenvalue weighted by molar-refractivity contribution is -0.146. The number of esters is 1. The van der Waals surface area contributed by atoms with Gasteiger partial charge in [0.1, 0.15) is 6.04 Å². The van der Waals surface area contributed by atoms with Crippen molar-refractivity contribution in [3.8, 4) is 0 Å².